The number of aliphatic carboxylic acids is 1. The first kappa shape index (κ1) is 16.8. The molecule has 116 valence electrons. The molecule has 1 amide bonds. The number of hydrogen-bond acceptors (Lipinski definition) is 4. The molecule has 0 aliphatic carbocycles. The number of amides is 1. The van der Waals surface area contributed by atoms with Crippen LogP contribution in [0.1, 0.15) is 47.5 Å². The first-order valence-corrected chi connectivity index (χ1v) is 6.93. The second kappa shape index (κ2) is 5.99. The van der Waals surface area contributed by atoms with Crippen molar-refractivity contribution in [2.24, 2.45) is 0 Å². The van der Waals surface area contributed by atoms with Gasteiger partial charge in [-0.25, -0.2) is 9.59 Å². The van der Waals surface area contributed by atoms with Crippen molar-refractivity contribution >= 4 is 12.1 Å². The van der Waals surface area contributed by atoms with E-state index >= 15 is 0 Å². The second-order valence-corrected chi connectivity index (χ2v) is 6.39. The lowest BCUT2D eigenvalue weighted by molar-refractivity contribution is -0.159. The number of carboxylic acids is 1. The van der Waals surface area contributed by atoms with Gasteiger partial charge in [-0.2, -0.15) is 0 Å². The van der Waals surface area contributed by atoms with E-state index in [1.165, 1.54) is 4.90 Å². The molecule has 0 spiro atoms. The SMILES string of the molecule is CC(C)N(C(=O)OC(C)(C)C)C1(C(=O)O)CCOCC1. The predicted octanol–water partition coefficient (Wildman–Crippen LogP) is 2.27. The van der Waals surface area contributed by atoms with Crippen molar-refractivity contribution in [3.8, 4) is 0 Å². The molecule has 0 aromatic heterocycles. The highest BCUT2D eigenvalue weighted by atomic mass is 16.6. The van der Waals surface area contributed by atoms with Crippen LogP contribution in [0, 0.1) is 0 Å². The van der Waals surface area contributed by atoms with E-state index in [1.807, 2.05) is 0 Å². The van der Waals surface area contributed by atoms with E-state index in [4.69, 9.17) is 9.47 Å². The minimum atomic E-state index is -1.24. The maximum atomic E-state index is 12.4. The lowest BCUT2D eigenvalue weighted by Gasteiger charge is -2.45. The summed E-state index contributed by atoms with van der Waals surface area (Å²) in [6.45, 7) is 9.55. The highest BCUT2D eigenvalue weighted by molar-refractivity contribution is 5.85. The summed E-state index contributed by atoms with van der Waals surface area (Å²) < 4.78 is 10.6. The van der Waals surface area contributed by atoms with Crippen molar-refractivity contribution < 1.29 is 24.2 Å². The van der Waals surface area contributed by atoms with Gasteiger partial charge < -0.3 is 14.6 Å². The van der Waals surface area contributed by atoms with Crippen LogP contribution in [0.5, 0.6) is 0 Å². The summed E-state index contributed by atoms with van der Waals surface area (Å²) >= 11 is 0. The third kappa shape index (κ3) is 3.62. The quantitative estimate of drug-likeness (QED) is 0.861. The van der Waals surface area contributed by atoms with Gasteiger partial charge in [0, 0.05) is 32.1 Å². The van der Waals surface area contributed by atoms with Crippen LogP contribution in [0.2, 0.25) is 0 Å². The monoisotopic (exact) mass is 287 g/mol. The Morgan fingerprint density at radius 1 is 1.25 bits per heavy atom. The fourth-order valence-electron chi connectivity index (χ4n) is 2.46. The molecule has 0 aromatic rings. The molecule has 0 atom stereocenters. The summed E-state index contributed by atoms with van der Waals surface area (Å²) in [6.07, 6.45) is -0.0312. The van der Waals surface area contributed by atoms with Gasteiger partial charge in [-0.1, -0.05) is 0 Å². The van der Waals surface area contributed by atoms with E-state index in [9.17, 15) is 14.7 Å². The maximum absolute atomic E-state index is 12.4. The number of carbonyl (C=O) groups excluding carboxylic acids is 1. The van der Waals surface area contributed by atoms with Crippen LogP contribution >= 0.6 is 0 Å². The molecular weight excluding hydrogens is 262 g/mol. The molecule has 1 saturated heterocycles. The Morgan fingerprint density at radius 3 is 2.10 bits per heavy atom. The highest BCUT2D eigenvalue weighted by Crippen LogP contribution is 2.32. The molecule has 6 heteroatoms. The molecule has 1 aliphatic heterocycles. The Morgan fingerprint density at radius 2 is 1.75 bits per heavy atom. The number of carbonyl (C=O) groups is 2. The van der Waals surface area contributed by atoms with Gasteiger partial charge in [0.1, 0.15) is 11.1 Å². The van der Waals surface area contributed by atoms with Crippen molar-refractivity contribution in [3.63, 3.8) is 0 Å². The normalized spacial score (nSPS) is 18.7. The number of nitrogens with zero attached hydrogens (tertiary/aromatic N) is 1. The molecule has 0 aromatic carbocycles. The van der Waals surface area contributed by atoms with E-state index in [-0.39, 0.29) is 18.9 Å². The van der Waals surface area contributed by atoms with Gasteiger partial charge in [0.05, 0.1) is 0 Å². The molecule has 1 N–H and O–H groups in total. The Bertz CT molecular complexity index is 366. The molecule has 20 heavy (non-hydrogen) atoms. The molecule has 1 rings (SSSR count). The average Bonchev–Trinajstić information content (AvgIpc) is 2.26. The summed E-state index contributed by atoms with van der Waals surface area (Å²) in [5, 5.41) is 9.65. The molecule has 0 bridgehead atoms. The third-order valence-electron chi connectivity index (χ3n) is 3.29. The van der Waals surface area contributed by atoms with Crippen molar-refractivity contribution in [1.82, 2.24) is 4.90 Å². The van der Waals surface area contributed by atoms with Crippen LogP contribution in [0.25, 0.3) is 0 Å². The Hall–Kier alpha value is -1.30. The summed E-state index contributed by atoms with van der Waals surface area (Å²) in [5.74, 6) is -1.000. The third-order valence-corrected chi connectivity index (χ3v) is 3.29. The van der Waals surface area contributed by atoms with Crippen molar-refractivity contribution in [2.75, 3.05) is 13.2 Å². The molecule has 0 radical (unpaired) electrons. The van der Waals surface area contributed by atoms with Crippen LogP contribution in [0.4, 0.5) is 4.79 Å². The zero-order valence-corrected chi connectivity index (χ0v) is 12.9. The molecule has 0 saturated carbocycles. The predicted molar refractivity (Wildman–Crippen MR) is 73.6 cm³/mol. The van der Waals surface area contributed by atoms with Crippen LogP contribution in [0.15, 0.2) is 0 Å². The average molecular weight is 287 g/mol. The number of ether oxygens (including phenoxy) is 2. The molecule has 6 nitrogen and oxygen atoms in total. The first-order valence-electron chi connectivity index (χ1n) is 6.93. The van der Waals surface area contributed by atoms with Crippen molar-refractivity contribution in [1.29, 1.82) is 0 Å². The zero-order valence-electron chi connectivity index (χ0n) is 12.9. The first-order chi connectivity index (χ1) is 9.10. The van der Waals surface area contributed by atoms with E-state index in [0.29, 0.717) is 13.2 Å². The number of carboxylic acid groups (broad SMARTS) is 1. The van der Waals surface area contributed by atoms with Gasteiger partial charge in [-0.15, -0.1) is 0 Å². The van der Waals surface area contributed by atoms with Crippen molar-refractivity contribution in [2.45, 2.75) is 64.6 Å². The Balaban J connectivity index is 3.09. The van der Waals surface area contributed by atoms with Crippen molar-refractivity contribution in [3.05, 3.63) is 0 Å². The summed E-state index contributed by atoms with van der Waals surface area (Å²) in [5.41, 5.74) is -1.90. The van der Waals surface area contributed by atoms with Gasteiger partial charge in [-0.05, 0) is 34.6 Å². The van der Waals surface area contributed by atoms with E-state index in [1.54, 1.807) is 34.6 Å². The largest absolute Gasteiger partial charge is 0.479 e. The minimum absolute atomic E-state index is 0.265. The van der Waals surface area contributed by atoms with Crippen LogP contribution in [-0.2, 0) is 14.3 Å². The molecule has 1 fully saturated rings. The Kier molecular flexibility index (Phi) is 5.02. The molecular formula is C14H25NO5. The minimum Gasteiger partial charge on any atom is -0.479 e. The summed E-state index contributed by atoms with van der Waals surface area (Å²) in [6, 6.07) is -0.265. The standard InChI is InChI=1S/C14H25NO5/c1-10(2)15(12(18)20-13(3,4)5)14(11(16)17)6-8-19-9-7-14/h10H,6-9H2,1-5H3,(H,16,17). The highest BCUT2D eigenvalue weighted by Gasteiger charge is 2.50. The second-order valence-electron chi connectivity index (χ2n) is 6.39. The van der Waals surface area contributed by atoms with Gasteiger partial charge in [0.25, 0.3) is 0 Å². The van der Waals surface area contributed by atoms with Gasteiger partial charge in [0.15, 0.2) is 0 Å². The topological polar surface area (TPSA) is 76.1 Å². The van der Waals surface area contributed by atoms with Crippen LogP contribution in [-0.4, -0.2) is 52.5 Å². The smallest absolute Gasteiger partial charge is 0.411 e. The lowest BCUT2D eigenvalue weighted by atomic mass is 9.87. The summed E-state index contributed by atoms with van der Waals surface area (Å²) in [4.78, 5) is 25.5. The maximum Gasteiger partial charge on any atom is 0.411 e. The van der Waals surface area contributed by atoms with Gasteiger partial charge >= 0.3 is 12.1 Å². The van der Waals surface area contributed by atoms with E-state index in [0.717, 1.165) is 0 Å². The zero-order chi connectivity index (χ0) is 15.6. The van der Waals surface area contributed by atoms with Gasteiger partial charge in [0.2, 0.25) is 0 Å². The lowest BCUT2D eigenvalue weighted by Crippen LogP contribution is -2.62. The van der Waals surface area contributed by atoms with E-state index in [2.05, 4.69) is 0 Å². The number of rotatable bonds is 3. The van der Waals surface area contributed by atoms with Crippen LogP contribution in [0.3, 0.4) is 0 Å². The van der Waals surface area contributed by atoms with Gasteiger partial charge in [-0.3, -0.25) is 4.90 Å². The fraction of sp³-hybridized carbons (Fsp3) is 0.857. The fourth-order valence-corrected chi connectivity index (χ4v) is 2.46. The Labute approximate surface area is 120 Å². The van der Waals surface area contributed by atoms with Crippen LogP contribution < -0.4 is 0 Å². The number of hydrogen-bond donors (Lipinski definition) is 1. The molecule has 1 heterocycles. The summed E-state index contributed by atoms with van der Waals surface area (Å²) in [7, 11) is 0. The molecule has 1 aliphatic rings. The van der Waals surface area contributed by atoms with E-state index < -0.39 is 23.2 Å². The molecule has 0 unspecified atom stereocenters.